The molecule has 1 heterocycles. The van der Waals surface area contributed by atoms with Crippen LogP contribution in [0.5, 0.6) is 0 Å². The van der Waals surface area contributed by atoms with Gasteiger partial charge in [0.2, 0.25) is 0 Å². The summed E-state index contributed by atoms with van der Waals surface area (Å²) in [6.07, 6.45) is 0.428. The molecular formula is C12H10ClF2NS. The van der Waals surface area contributed by atoms with Gasteiger partial charge in [-0.2, -0.15) is 0 Å². The molecule has 90 valence electrons. The highest BCUT2D eigenvalue weighted by Gasteiger charge is 2.13. The minimum Gasteiger partial charge on any atom is -0.323 e. The van der Waals surface area contributed by atoms with E-state index in [-0.39, 0.29) is 6.04 Å². The first-order valence-electron chi connectivity index (χ1n) is 5.00. The van der Waals surface area contributed by atoms with Crippen LogP contribution in [0.4, 0.5) is 8.78 Å². The zero-order valence-corrected chi connectivity index (χ0v) is 10.4. The number of hydrogen-bond donors (Lipinski definition) is 1. The third-order valence-corrected chi connectivity index (χ3v) is 3.91. The lowest BCUT2D eigenvalue weighted by Gasteiger charge is -2.10. The molecule has 0 spiro atoms. The molecule has 5 heteroatoms. The van der Waals surface area contributed by atoms with Gasteiger partial charge in [-0.25, -0.2) is 8.78 Å². The van der Waals surface area contributed by atoms with Crippen LogP contribution < -0.4 is 5.73 Å². The van der Waals surface area contributed by atoms with Crippen LogP contribution in [0.2, 0.25) is 5.02 Å². The average Bonchev–Trinajstić information content (AvgIpc) is 2.70. The smallest absolute Gasteiger partial charge is 0.159 e. The van der Waals surface area contributed by atoms with E-state index in [4.69, 9.17) is 17.3 Å². The predicted molar refractivity (Wildman–Crippen MR) is 66.3 cm³/mol. The normalized spacial score (nSPS) is 12.7. The van der Waals surface area contributed by atoms with Crippen molar-refractivity contribution in [1.29, 1.82) is 0 Å². The summed E-state index contributed by atoms with van der Waals surface area (Å²) in [6.45, 7) is 0. The van der Waals surface area contributed by atoms with Crippen molar-refractivity contribution in [3.05, 3.63) is 56.7 Å². The second-order valence-electron chi connectivity index (χ2n) is 3.69. The maximum atomic E-state index is 13.0. The van der Waals surface area contributed by atoms with Gasteiger partial charge in [0, 0.05) is 10.9 Å². The zero-order chi connectivity index (χ0) is 12.4. The summed E-state index contributed by atoms with van der Waals surface area (Å²) in [5, 5.41) is 2.47. The summed E-state index contributed by atoms with van der Waals surface area (Å²) in [4.78, 5) is 0.858. The summed E-state index contributed by atoms with van der Waals surface area (Å²) in [5.41, 5.74) is 6.62. The number of halogens is 3. The molecular weight excluding hydrogens is 264 g/mol. The standard InChI is InChI=1S/C12H10ClF2NS/c13-8-3-4-17-12(8)11(16)6-7-1-2-9(14)10(15)5-7/h1-5,11H,6,16H2. The van der Waals surface area contributed by atoms with Crippen LogP contribution in [0.25, 0.3) is 0 Å². The topological polar surface area (TPSA) is 26.0 Å². The van der Waals surface area contributed by atoms with Crippen LogP contribution in [-0.2, 0) is 6.42 Å². The van der Waals surface area contributed by atoms with Gasteiger partial charge in [0.1, 0.15) is 0 Å². The maximum absolute atomic E-state index is 13.0. The molecule has 1 unspecified atom stereocenters. The second-order valence-corrected chi connectivity index (χ2v) is 5.05. The second kappa shape index (κ2) is 5.12. The molecule has 0 aliphatic rings. The van der Waals surface area contributed by atoms with Crippen molar-refractivity contribution < 1.29 is 8.78 Å². The molecule has 0 aliphatic carbocycles. The minimum atomic E-state index is -0.855. The number of benzene rings is 1. The zero-order valence-electron chi connectivity index (χ0n) is 8.79. The molecule has 2 rings (SSSR count). The third-order valence-electron chi connectivity index (χ3n) is 2.42. The van der Waals surface area contributed by atoms with Gasteiger partial charge in [0.05, 0.1) is 5.02 Å². The van der Waals surface area contributed by atoms with Gasteiger partial charge in [-0.05, 0) is 35.6 Å². The van der Waals surface area contributed by atoms with Gasteiger partial charge in [-0.1, -0.05) is 17.7 Å². The van der Waals surface area contributed by atoms with Gasteiger partial charge in [-0.3, -0.25) is 0 Å². The first-order valence-corrected chi connectivity index (χ1v) is 6.26. The van der Waals surface area contributed by atoms with Crippen molar-refractivity contribution in [3.63, 3.8) is 0 Å². The lowest BCUT2D eigenvalue weighted by atomic mass is 10.1. The van der Waals surface area contributed by atoms with Gasteiger partial charge in [0.15, 0.2) is 11.6 Å². The van der Waals surface area contributed by atoms with Crippen LogP contribution in [-0.4, -0.2) is 0 Å². The SMILES string of the molecule is NC(Cc1ccc(F)c(F)c1)c1sccc1Cl. The van der Waals surface area contributed by atoms with E-state index in [1.54, 1.807) is 6.07 Å². The summed E-state index contributed by atoms with van der Waals surface area (Å²) >= 11 is 7.41. The molecule has 2 aromatic rings. The van der Waals surface area contributed by atoms with Crippen molar-refractivity contribution in [2.24, 2.45) is 5.73 Å². The Hall–Kier alpha value is -0.970. The average molecular weight is 274 g/mol. The summed E-state index contributed by atoms with van der Waals surface area (Å²) in [6, 6.07) is 5.27. The van der Waals surface area contributed by atoms with Gasteiger partial charge in [-0.15, -0.1) is 11.3 Å². The summed E-state index contributed by atoms with van der Waals surface area (Å²) in [7, 11) is 0. The van der Waals surface area contributed by atoms with Crippen LogP contribution in [0, 0.1) is 11.6 Å². The minimum absolute atomic E-state index is 0.299. The Labute approximate surface area is 107 Å². The molecule has 0 saturated carbocycles. The Morgan fingerprint density at radius 3 is 2.59 bits per heavy atom. The summed E-state index contributed by atoms with van der Waals surface area (Å²) in [5.74, 6) is -1.71. The molecule has 17 heavy (non-hydrogen) atoms. The van der Waals surface area contributed by atoms with Crippen LogP contribution >= 0.6 is 22.9 Å². The maximum Gasteiger partial charge on any atom is 0.159 e. The lowest BCUT2D eigenvalue weighted by molar-refractivity contribution is 0.506. The molecule has 1 atom stereocenters. The van der Waals surface area contributed by atoms with Crippen LogP contribution in [0.3, 0.4) is 0 Å². The fourth-order valence-corrected chi connectivity index (χ4v) is 2.78. The van der Waals surface area contributed by atoms with E-state index in [9.17, 15) is 8.78 Å². The molecule has 1 nitrogen and oxygen atoms in total. The fraction of sp³-hybridized carbons (Fsp3) is 0.167. The Morgan fingerprint density at radius 1 is 1.24 bits per heavy atom. The highest BCUT2D eigenvalue weighted by atomic mass is 35.5. The number of rotatable bonds is 3. The van der Waals surface area contributed by atoms with E-state index in [1.807, 2.05) is 5.38 Å². The van der Waals surface area contributed by atoms with Crippen molar-refractivity contribution >= 4 is 22.9 Å². The van der Waals surface area contributed by atoms with E-state index in [1.165, 1.54) is 17.4 Å². The highest BCUT2D eigenvalue weighted by Crippen LogP contribution is 2.29. The first-order chi connectivity index (χ1) is 8.08. The van der Waals surface area contributed by atoms with Crippen molar-refractivity contribution in [2.75, 3.05) is 0 Å². The lowest BCUT2D eigenvalue weighted by Crippen LogP contribution is -2.12. The van der Waals surface area contributed by atoms with Crippen molar-refractivity contribution in [3.8, 4) is 0 Å². The first kappa shape index (κ1) is 12.5. The Balaban J connectivity index is 2.16. The molecule has 0 radical (unpaired) electrons. The van der Waals surface area contributed by atoms with Crippen molar-refractivity contribution in [2.45, 2.75) is 12.5 Å². The van der Waals surface area contributed by atoms with E-state index in [2.05, 4.69) is 0 Å². The summed E-state index contributed by atoms with van der Waals surface area (Å²) < 4.78 is 25.8. The fourth-order valence-electron chi connectivity index (χ4n) is 1.58. The van der Waals surface area contributed by atoms with Crippen molar-refractivity contribution in [1.82, 2.24) is 0 Å². The molecule has 0 fully saturated rings. The molecule has 2 N–H and O–H groups in total. The predicted octanol–water partition coefficient (Wildman–Crippen LogP) is 3.92. The monoisotopic (exact) mass is 273 g/mol. The quantitative estimate of drug-likeness (QED) is 0.901. The molecule has 0 amide bonds. The molecule has 1 aromatic carbocycles. The number of nitrogens with two attached hydrogens (primary N) is 1. The molecule has 0 saturated heterocycles. The largest absolute Gasteiger partial charge is 0.323 e. The molecule has 0 bridgehead atoms. The Bertz CT molecular complexity index is 527. The molecule has 1 aromatic heterocycles. The van der Waals surface area contributed by atoms with Gasteiger partial charge in [0.25, 0.3) is 0 Å². The number of thiophene rings is 1. The molecule has 0 aliphatic heterocycles. The highest BCUT2D eigenvalue weighted by molar-refractivity contribution is 7.10. The number of hydrogen-bond acceptors (Lipinski definition) is 2. The van der Waals surface area contributed by atoms with Gasteiger partial charge < -0.3 is 5.73 Å². The van der Waals surface area contributed by atoms with E-state index in [0.29, 0.717) is 17.0 Å². The van der Waals surface area contributed by atoms with E-state index < -0.39 is 11.6 Å². The van der Waals surface area contributed by atoms with E-state index in [0.717, 1.165) is 17.0 Å². The van der Waals surface area contributed by atoms with Crippen LogP contribution in [0.1, 0.15) is 16.5 Å². The van der Waals surface area contributed by atoms with Crippen LogP contribution in [0.15, 0.2) is 29.6 Å². The van der Waals surface area contributed by atoms with Gasteiger partial charge >= 0.3 is 0 Å². The Kier molecular flexibility index (Phi) is 3.76. The third kappa shape index (κ3) is 2.83. The Morgan fingerprint density at radius 2 is 2.00 bits per heavy atom. The van der Waals surface area contributed by atoms with E-state index >= 15 is 0 Å².